The van der Waals surface area contributed by atoms with E-state index in [0.717, 1.165) is 39.1 Å². The molecule has 1 aliphatic carbocycles. The number of carbonyl (C=O) groups excluding carboxylic acids is 1. The van der Waals surface area contributed by atoms with Crippen LogP contribution in [0, 0.1) is 0 Å². The molecular weight excluding hydrogens is 368 g/mol. The monoisotopic (exact) mass is 380 g/mol. The number of urea groups is 1. The van der Waals surface area contributed by atoms with Crippen molar-refractivity contribution >= 4 is 45.0 Å². The minimum Gasteiger partial charge on any atom is -0.477 e. The summed E-state index contributed by atoms with van der Waals surface area (Å²) in [6.07, 6.45) is 1.96. The quantitative estimate of drug-likeness (QED) is 0.744. The van der Waals surface area contributed by atoms with Crippen LogP contribution in [0.15, 0.2) is 34.8 Å². The Morgan fingerprint density at radius 2 is 1.91 bits per heavy atom. The molecule has 1 heterocycles. The van der Waals surface area contributed by atoms with Gasteiger partial charge in [-0.3, -0.25) is 0 Å². The molecule has 0 unspecified atom stereocenters. The van der Waals surface area contributed by atoms with Crippen molar-refractivity contribution in [2.45, 2.75) is 18.9 Å². The summed E-state index contributed by atoms with van der Waals surface area (Å²) in [7, 11) is 0. The highest BCUT2D eigenvalue weighted by atomic mass is 79.9. The summed E-state index contributed by atoms with van der Waals surface area (Å²) in [4.78, 5) is 24.1. The van der Waals surface area contributed by atoms with E-state index in [4.69, 9.17) is 0 Å². The first kappa shape index (κ1) is 15.1. The summed E-state index contributed by atoms with van der Waals surface area (Å²) in [5, 5.41) is 14.7. The summed E-state index contributed by atoms with van der Waals surface area (Å²) in [6.45, 7) is 0. The molecule has 114 valence electrons. The fraction of sp³-hybridized carbons (Fsp3) is 0.200. The average molecular weight is 381 g/mol. The minimum atomic E-state index is -1.05. The number of anilines is 1. The molecule has 1 fully saturated rings. The minimum absolute atomic E-state index is 0.129. The van der Waals surface area contributed by atoms with Gasteiger partial charge in [0.1, 0.15) is 4.88 Å². The normalized spacial score (nSPS) is 13.7. The van der Waals surface area contributed by atoms with Gasteiger partial charge in [-0.05, 0) is 36.6 Å². The second-order valence-corrected chi connectivity index (χ2v) is 7.01. The first-order valence-electron chi connectivity index (χ1n) is 6.73. The number of thiophene rings is 1. The molecule has 0 aliphatic heterocycles. The van der Waals surface area contributed by atoms with Crippen LogP contribution in [-0.2, 0) is 0 Å². The van der Waals surface area contributed by atoms with Crippen molar-refractivity contribution in [3.8, 4) is 10.4 Å². The van der Waals surface area contributed by atoms with Crippen LogP contribution in [0.5, 0.6) is 0 Å². The summed E-state index contributed by atoms with van der Waals surface area (Å²) in [5.74, 6) is -1.05. The second kappa shape index (κ2) is 6.10. The molecule has 2 amide bonds. The number of carboxylic acids is 1. The maximum absolute atomic E-state index is 11.8. The second-order valence-electron chi connectivity index (χ2n) is 5.04. The molecule has 0 radical (unpaired) electrons. The number of rotatable bonds is 4. The Bertz CT molecular complexity index is 723. The van der Waals surface area contributed by atoms with E-state index in [2.05, 4.69) is 26.6 Å². The van der Waals surface area contributed by atoms with Crippen LogP contribution < -0.4 is 10.6 Å². The molecule has 0 bridgehead atoms. The van der Waals surface area contributed by atoms with Gasteiger partial charge in [0.25, 0.3) is 0 Å². The predicted octanol–water partition coefficient (Wildman–Crippen LogP) is 4.16. The Hall–Kier alpha value is -1.86. The summed E-state index contributed by atoms with van der Waals surface area (Å²) < 4.78 is 0.952. The third-order valence-electron chi connectivity index (χ3n) is 3.22. The molecule has 7 heteroatoms. The Morgan fingerprint density at radius 1 is 1.23 bits per heavy atom. The Kier molecular flexibility index (Phi) is 4.17. The van der Waals surface area contributed by atoms with Crippen LogP contribution in [-0.4, -0.2) is 23.1 Å². The van der Waals surface area contributed by atoms with E-state index in [1.54, 1.807) is 6.07 Å². The van der Waals surface area contributed by atoms with Gasteiger partial charge in [-0.15, -0.1) is 11.3 Å². The predicted molar refractivity (Wildman–Crippen MR) is 89.6 cm³/mol. The smallest absolute Gasteiger partial charge is 0.348 e. The number of carboxylic acid groups (broad SMARTS) is 1. The number of halogens is 1. The van der Waals surface area contributed by atoms with Crippen molar-refractivity contribution < 1.29 is 14.7 Å². The average Bonchev–Trinajstić information content (AvgIpc) is 3.17. The summed E-state index contributed by atoms with van der Waals surface area (Å²) >= 11 is 4.51. The van der Waals surface area contributed by atoms with Crippen molar-refractivity contribution in [1.82, 2.24) is 5.32 Å². The standard InChI is InChI=1S/C15H13BrN2O3S/c16-9-3-1-8(2-4-9)12-7-11(13(22-12)14(19)20)18-15(21)17-10-5-6-10/h1-4,7,10H,5-6H2,(H,19,20)(H2,17,18,21). The van der Waals surface area contributed by atoms with Crippen molar-refractivity contribution in [3.05, 3.63) is 39.7 Å². The zero-order valence-electron chi connectivity index (χ0n) is 11.4. The molecule has 3 rings (SSSR count). The third-order valence-corrected chi connectivity index (χ3v) is 4.92. The lowest BCUT2D eigenvalue weighted by molar-refractivity contribution is 0.0703. The number of aromatic carboxylic acids is 1. The molecule has 1 aromatic carbocycles. The van der Waals surface area contributed by atoms with E-state index >= 15 is 0 Å². The number of nitrogens with one attached hydrogen (secondary N) is 2. The highest BCUT2D eigenvalue weighted by molar-refractivity contribution is 9.10. The van der Waals surface area contributed by atoms with E-state index < -0.39 is 5.97 Å². The van der Waals surface area contributed by atoms with Crippen LogP contribution in [0.2, 0.25) is 0 Å². The van der Waals surface area contributed by atoms with Crippen LogP contribution in [0.4, 0.5) is 10.5 Å². The van der Waals surface area contributed by atoms with Crippen molar-refractivity contribution in [1.29, 1.82) is 0 Å². The Balaban J connectivity index is 1.86. The molecule has 1 aromatic heterocycles. The lowest BCUT2D eigenvalue weighted by atomic mass is 10.2. The molecule has 2 aromatic rings. The molecule has 1 saturated carbocycles. The number of hydrogen-bond acceptors (Lipinski definition) is 3. The molecule has 0 atom stereocenters. The lowest BCUT2D eigenvalue weighted by Crippen LogP contribution is -2.30. The van der Waals surface area contributed by atoms with E-state index in [1.807, 2.05) is 24.3 Å². The van der Waals surface area contributed by atoms with Crippen molar-refractivity contribution in [2.75, 3.05) is 5.32 Å². The number of amides is 2. The molecule has 22 heavy (non-hydrogen) atoms. The van der Waals surface area contributed by atoms with Gasteiger partial charge in [0.05, 0.1) is 5.69 Å². The Morgan fingerprint density at radius 3 is 2.50 bits per heavy atom. The zero-order valence-corrected chi connectivity index (χ0v) is 13.8. The van der Waals surface area contributed by atoms with Gasteiger partial charge >= 0.3 is 12.0 Å². The van der Waals surface area contributed by atoms with E-state index in [1.165, 1.54) is 0 Å². The van der Waals surface area contributed by atoms with E-state index in [0.29, 0.717) is 5.69 Å². The van der Waals surface area contributed by atoms with E-state index in [9.17, 15) is 14.7 Å². The van der Waals surface area contributed by atoms with Crippen molar-refractivity contribution in [2.24, 2.45) is 0 Å². The maximum Gasteiger partial charge on any atom is 0.348 e. The lowest BCUT2D eigenvalue weighted by Gasteiger charge is -2.05. The van der Waals surface area contributed by atoms with Crippen LogP contribution in [0.1, 0.15) is 22.5 Å². The van der Waals surface area contributed by atoms with E-state index in [-0.39, 0.29) is 17.0 Å². The fourth-order valence-electron chi connectivity index (χ4n) is 1.97. The highest BCUT2D eigenvalue weighted by Crippen LogP contribution is 2.35. The van der Waals surface area contributed by atoms with Gasteiger partial charge < -0.3 is 15.7 Å². The van der Waals surface area contributed by atoms with Crippen LogP contribution in [0.3, 0.4) is 0 Å². The Labute approximate surface area is 139 Å². The first-order chi connectivity index (χ1) is 10.5. The SMILES string of the molecule is O=C(Nc1cc(-c2ccc(Br)cc2)sc1C(=O)O)NC1CC1. The van der Waals surface area contributed by atoms with Gasteiger partial charge in [0.2, 0.25) is 0 Å². The summed E-state index contributed by atoms with van der Waals surface area (Å²) in [5.41, 5.74) is 1.24. The number of carbonyl (C=O) groups is 2. The third kappa shape index (κ3) is 3.48. The van der Waals surface area contributed by atoms with Crippen molar-refractivity contribution in [3.63, 3.8) is 0 Å². The molecule has 0 spiro atoms. The van der Waals surface area contributed by atoms with Gasteiger partial charge in [-0.25, -0.2) is 9.59 Å². The van der Waals surface area contributed by atoms with Gasteiger partial charge in [0, 0.05) is 15.4 Å². The van der Waals surface area contributed by atoms with Gasteiger partial charge in [-0.1, -0.05) is 28.1 Å². The topological polar surface area (TPSA) is 78.4 Å². The zero-order chi connectivity index (χ0) is 15.7. The molecule has 1 aliphatic rings. The van der Waals surface area contributed by atoms with Gasteiger partial charge in [-0.2, -0.15) is 0 Å². The first-order valence-corrected chi connectivity index (χ1v) is 8.34. The highest BCUT2D eigenvalue weighted by Gasteiger charge is 2.24. The maximum atomic E-state index is 11.8. The number of hydrogen-bond donors (Lipinski definition) is 3. The molecular formula is C15H13BrN2O3S. The van der Waals surface area contributed by atoms with Gasteiger partial charge in [0.15, 0.2) is 0 Å². The fourth-order valence-corrected chi connectivity index (χ4v) is 3.19. The summed E-state index contributed by atoms with van der Waals surface area (Å²) in [6, 6.07) is 9.14. The number of benzene rings is 1. The molecule has 5 nitrogen and oxygen atoms in total. The van der Waals surface area contributed by atoms with Crippen LogP contribution in [0.25, 0.3) is 10.4 Å². The largest absolute Gasteiger partial charge is 0.477 e. The molecule has 3 N–H and O–H groups in total. The van der Waals surface area contributed by atoms with Crippen LogP contribution >= 0.6 is 27.3 Å². The molecule has 0 saturated heterocycles.